The van der Waals surface area contributed by atoms with E-state index in [4.69, 9.17) is 5.73 Å². The van der Waals surface area contributed by atoms with Crippen LogP contribution in [0.1, 0.15) is 5.56 Å². The van der Waals surface area contributed by atoms with Crippen LogP contribution in [-0.2, 0) is 6.18 Å². The van der Waals surface area contributed by atoms with E-state index in [1.54, 1.807) is 0 Å². The molecule has 17 heavy (non-hydrogen) atoms. The van der Waals surface area contributed by atoms with Crippen LogP contribution in [0, 0.1) is 0 Å². The van der Waals surface area contributed by atoms with Crippen LogP contribution in [0.25, 0.3) is 10.9 Å². The summed E-state index contributed by atoms with van der Waals surface area (Å²) in [6.45, 7) is 0. The summed E-state index contributed by atoms with van der Waals surface area (Å²) < 4.78 is 38.3. The molecule has 0 radical (unpaired) electrons. The molecule has 0 saturated carbocycles. The number of fused-ring (bicyclic) bond motifs is 1. The highest BCUT2D eigenvalue weighted by Crippen LogP contribution is 2.36. The van der Waals surface area contributed by atoms with Crippen molar-refractivity contribution in [3.8, 4) is 0 Å². The van der Waals surface area contributed by atoms with Crippen LogP contribution < -0.4 is 11.1 Å². The van der Waals surface area contributed by atoms with Gasteiger partial charge >= 0.3 is 6.18 Å². The van der Waals surface area contributed by atoms with Gasteiger partial charge in [-0.05, 0) is 24.4 Å². The lowest BCUT2D eigenvalue weighted by Gasteiger charge is -2.09. The van der Waals surface area contributed by atoms with Crippen LogP contribution >= 0.6 is 12.2 Å². The van der Waals surface area contributed by atoms with Crippen molar-refractivity contribution in [2.75, 3.05) is 5.32 Å². The molecule has 0 unspecified atom stereocenters. The van der Waals surface area contributed by atoms with E-state index >= 15 is 0 Å². The number of halogens is 3. The molecule has 0 atom stereocenters. The van der Waals surface area contributed by atoms with Crippen LogP contribution in [0.3, 0.4) is 0 Å². The molecule has 2 rings (SSSR count). The monoisotopic (exact) mass is 260 g/mol. The number of nitrogens with two attached hydrogens (primary N) is 1. The number of aromatic amines is 1. The van der Waals surface area contributed by atoms with Gasteiger partial charge in [-0.1, -0.05) is 6.07 Å². The Balaban J connectivity index is 2.68. The van der Waals surface area contributed by atoms with E-state index in [2.05, 4.69) is 27.7 Å². The first kappa shape index (κ1) is 11.6. The Kier molecular flexibility index (Phi) is 2.66. The number of rotatable bonds is 1. The van der Waals surface area contributed by atoms with E-state index in [1.165, 1.54) is 12.1 Å². The quantitative estimate of drug-likeness (QED) is 0.688. The molecule has 0 spiro atoms. The van der Waals surface area contributed by atoms with E-state index in [-0.39, 0.29) is 21.8 Å². The van der Waals surface area contributed by atoms with Crippen molar-refractivity contribution in [1.82, 2.24) is 10.2 Å². The molecule has 0 saturated heterocycles. The average Bonchev–Trinajstić information content (AvgIpc) is 2.59. The van der Waals surface area contributed by atoms with Gasteiger partial charge in [-0.25, -0.2) is 0 Å². The molecule has 0 aliphatic rings. The minimum atomic E-state index is -4.46. The van der Waals surface area contributed by atoms with Gasteiger partial charge in [-0.3, -0.25) is 5.10 Å². The summed E-state index contributed by atoms with van der Waals surface area (Å²) >= 11 is 4.57. The highest BCUT2D eigenvalue weighted by atomic mass is 32.1. The molecule has 4 N–H and O–H groups in total. The molecule has 0 fully saturated rings. The summed E-state index contributed by atoms with van der Waals surface area (Å²) in [6, 6.07) is 3.76. The maximum absolute atomic E-state index is 12.8. The zero-order valence-electron chi connectivity index (χ0n) is 8.30. The first-order chi connectivity index (χ1) is 7.89. The molecule has 0 aliphatic carbocycles. The average molecular weight is 260 g/mol. The third-order valence-corrected chi connectivity index (χ3v) is 2.24. The van der Waals surface area contributed by atoms with Crippen molar-refractivity contribution in [2.45, 2.75) is 6.18 Å². The normalized spacial score (nSPS) is 11.7. The Morgan fingerprint density at radius 2 is 2.12 bits per heavy atom. The van der Waals surface area contributed by atoms with Gasteiger partial charge in [-0.2, -0.15) is 18.3 Å². The van der Waals surface area contributed by atoms with Crippen molar-refractivity contribution in [2.24, 2.45) is 5.73 Å². The molecular formula is C9H7F3N4S. The van der Waals surface area contributed by atoms with Gasteiger partial charge in [0, 0.05) is 0 Å². The summed E-state index contributed by atoms with van der Waals surface area (Å²) in [5, 5.41) is 8.37. The third-order valence-electron chi connectivity index (χ3n) is 2.14. The van der Waals surface area contributed by atoms with Crippen LogP contribution in [0.4, 0.5) is 19.0 Å². The fourth-order valence-corrected chi connectivity index (χ4v) is 1.61. The lowest BCUT2D eigenvalue weighted by molar-refractivity contribution is -0.136. The van der Waals surface area contributed by atoms with Gasteiger partial charge < -0.3 is 11.1 Å². The van der Waals surface area contributed by atoms with Crippen molar-refractivity contribution in [1.29, 1.82) is 0 Å². The molecule has 0 aliphatic heterocycles. The second kappa shape index (κ2) is 3.88. The molecule has 0 bridgehead atoms. The molecule has 90 valence electrons. The van der Waals surface area contributed by atoms with Crippen LogP contribution in [0.2, 0.25) is 0 Å². The lowest BCUT2D eigenvalue weighted by atomic mass is 10.1. The number of benzene rings is 1. The van der Waals surface area contributed by atoms with Gasteiger partial charge in [0.25, 0.3) is 0 Å². The smallest absolute Gasteiger partial charge is 0.376 e. The fraction of sp³-hybridized carbons (Fsp3) is 0.111. The number of nitrogens with zero attached hydrogens (tertiary/aromatic N) is 1. The largest absolute Gasteiger partial charge is 0.417 e. The molecule has 1 heterocycles. The predicted octanol–water partition coefficient (Wildman–Crippen LogP) is 2.24. The lowest BCUT2D eigenvalue weighted by Crippen LogP contribution is -2.19. The number of hydrogen-bond acceptors (Lipinski definition) is 2. The molecule has 2 aromatic rings. The molecular weight excluding hydrogens is 253 g/mol. The van der Waals surface area contributed by atoms with E-state index in [1.807, 2.05) is 0 Å². The summed E-state index contributed by atoms with van der Waals surface area (Å²) in [6.07, 6.45) is -4.46. The first-order valence-electron chi connectivity index (χ1n) is 4.50. The predicted molar refractivity (Wildman–Crippen MR) is 61.5 cm³/mol. The second-order valence-corrected chi connectivity index (χ2v) is 3.73. The number of alkyl halides is 3. The molecule has 1 aromatic carbocycles. The molecule has 4 nitrogen and oxygen atoms in total. The van der Waals surface area contributed by atoms with E-state index in [0.717, 1.165) is 6.07 Å². The maximum Gasteiger partial charge on any atom is 0.417 e. The SMILES string of the molecule is NC(=S)Nc1n[nH]c2cccc(C(F)(F)F)c12. The van der Waals surface area contributed by atoms with Gasteiger partial charge in [0.15, 0.2) is 10.9 Å². The molecule has 1 aromatic heterocycles. The number of thiocarbonyl (C=S) groups is 1. The van der Waals surface area contributed by atoms with E-state index < -0.39 is 11.7 Å². The maximum atomic E-state index is 12.8. The summed E-state index contributed by atoms with van der Waals surface area (Å²) in [7, 11) is 0. The Bertz CT molecular complexity index is 575. The number of aromatic nitrogens is 2. The summed E-state index contributed by atoms with van der Waals surface area (Å²) in [5.74, 6) is -0.0274. The van der Waals surface area contributed by atoms with Gasteiger partial charge in [-0.15, -0.1) is 0 Å². The zero-order valence-corrected chi connectivity index (χ0v) is 9.12. The number of H-pyrrole nitrogens is 1. The standard InChI is InChI=1S/C9H7F3N4S/c10-9(11,12)4-2-1-3-5-6(4)7(16-15-5)14-8(13)17/h1-3H,(H4,13,14,15,16,17). The van der Waals surface area contributed by atoms with Crippen molar-refractivity contribution < 1.29 is 13.2 Å². The molecule has 8 heteroatoms. The van der Waals surface area contributed by atoms with Crippen LogP contribution in [0.5, 0.6) is 0 Å². The summed E-state index contributed by atoms with van der Waals surface area (Å²) in [4.78, 5) is 0. The second-order valence-electron chi connectivity index (χ2n) is 3.29. The number of nitrogens with one attached hydrogen (secondary N) is 2. The van der Waals surface area contributed by atoms with Crippen LogP contribution in [-0.4, -0.2) is 15.3 Å². The van der Waals surface area contributed by atoms with E-state index in [9.17, 15) is 13.2 Å². The number of anilines is 1. The van der Waals surface area contributed by atoms with Crippen molar-refractivity contribution in [3.05, 3.63) is 23.8 Å². The van der Waals surface area contributed by atoms with Crippen molar-refractivity contribution in [3.63, 3.8) is 0 Å². The van der Waals surface area contributed by atoms with Crippen molar-refractivity contribution >= 4 is 34.1 Å². The highest BCUT2D eigenvalue weighted by molar-refractivity contribution is 7.80. The third kappa shape index (κ3) is 2.16. The van der Waals surface area contributed by atoms with E-state index in [0.29, 0.717) is 0 Å². The Morgan fingerprint density at radius 1 is 1.41 bits per heavy atom. The molecule has 0 amide bonds. The topological polar surface area (TPSA) is 66.7 Å². The minimum absolute atomic E-state index is 0.0274. The minimum Gasteiger partial charge on any atom is -0.376 e. The Labute approximate surface area is 99.0 Å². The first-order valence-corrected chi connectivity index (χ1v) is 4.91. The van der Waals surface area contributed by atoms with Gasteiger partial charge in [0.2, 0.25) is 0 Å². The Hall–Kier alpha value is -1.83. The van der Waals surface area contributed by atoms with Gasteiger partial charge in [0.05, 0.1) is 16.5 Å². The number of hydrogen-bond donors (Lipinski definition) is 3. The van der Waals surface area contributed by atoms with Crippen LogP contribution in [0.15, 0.2) is 18.2 Å². The summed E-state index contributed by atoms with van der Waals surface area (Å²) in [5.41, 5.74) is 4.69. The Morgan fingerprint density at radius 3 is 2.71 bits per heavy atom. The zero-order chi connectivity index (χ0) is 12.6. The highest BCUT2D eigenvalue weighted by Gasteiger charge is 2.34. The van der Waals surface area contributed by atoms with Gasteiger partial charge in [0.1, 0.15) is 0 Å². The fourth-order valence-electron chi connectivity index (χ4n) is 1.52.